The molecule has 0 spiro atoms. The highest BCUT2D eigenvalue weighted by atomic mass is 16.3. The number of rotatable bonds is 5. The molecular weight excluding hydrogens is 246 g/mol. The van der Waals surface area contributed by atoms with E-state index in [-0.39, 0.29) is 12.3 Å². The molecule has 0 saturated heterocycles. The van der Waals surface area contributed by atoms with Crippen molar-refractivity contribution >= 4 is 11.6 Å². The van der Waals surface area contributed by atoms with E-state index in [0.717, 1.165) is 5.69 Å². The minimum absolute atomic E-state index is 0.130. The lowest BCUT2D eigenvalue weighted by Crippen LogP contribution is -2.14. The number of hydrogen-bond donors (Lipinski definition) is 2. The molecule has 1 unspecified atom stereocenters. The summed E-state index contributed by atoms with van der Waals surface area (Å²) < 4.78 is 1.51. The van der Waals surface area contributed by atoms with Crippen LogP contribution in [0.3, 0.4) is 0 Å². The Morgan fingerprint density at radius 1 is 1.53 bits per heavy atom. The lowest BCUT2D eigenvalue weighted by atomic mass is 10.2. The first-order valence-corrected chi connectivity index (χ1v) is 5.96. The smallest absolute Gasteiger partial charge is 0.224 e. The van der Waals surface area contributed by atoms with Crippen molar-refractivity contribution in [3.63, 3.8) is 0 Å². The van der Waals surface area contributed by atoms with E-state index in [1.807, 2.05) is 6.07 Å². The molecule has 0 aliphatic rings. The molecule has 1 aromatic carbocycles. The predicted octanol–water partition coefficient (Wildman–Crippen LogP) is 0.762. The monoisotopic (exact) mass is 261 g/mol. The van der Waals surface area contributed by atoms with Gasteiger partial charge in [-0.15, -0.1) is 5.10 Å². The van der Waals surface area contributed by atoms with Crippen LogP contribution in [0.25, 0.3) is 5.69 Å². The summed E-state index contributed by atoms with van der Waals surface area (Å²) in [6, 6.07) is 7.20. The largest absolute Gasteiger partial charge is 0.393 e. The van der Waals surface area contributed by atoms with Crippen LogP contribution in [0.4, 0.5) is 5.69 Å². The number of aliphatic hydroxyl groups is 1. The standard InChI is InChI=1S/C12H15N5O2/c1-9(18)5-6-12(19)14-10-3-2-4-11(7-10)17-8-13-15-16-17/h2-4,7-9,18H,5-6H2,1H3,(H,14,19). The maximum Gasteiger partial charge on any atom is 0.224 e. The normalized spacial score (nSPS) is 12.1. The minimum atomic E-state index is -0.474. The number of hydrogen-bond acceptors (Lipinski definition) is 5. The van der Waals surface area contributed by atoms with E-state index in [0.29, 0.717) is 12.1 Å². The fourth-order valence-electron chi connectivity index (χ4n) is 1.57. The summed E-state index contributed by atoms with van der Waals surface area (Å²) in [6.07, 6.45) is 1.73. The number of benzene rings is 1. The van der Waals surface area contributed by atoms with Crippen molar-refractivity contribution in [2.24, 2.45) is 0 Å². The van der Waals surface area contributed by atoms with Crippen LogP contribution in [0.1, 0.15) is 19.8 Å². The van der Waals surface area contributed by atoms with E-state index in [1.165, 1.54) is 11.0 Å². The number of nitrogens with one attached hydrogen (secondary N) is 1. The number of tetrazole rings is 1. The number of anilines is 1. The van der Waals surface area contributed by atoms with Crippen LogP contribution in [-0.2, 0) is 4.79 Å². The SMILES string of the molecule is CC(O)CCC(=O)Nc1cccc(-n2cnnn2)c1. The molecule has 0 bridgehead atoms. The predicted molar refractivity (Wildman–Crippen MR) is 68.7 cm³/mol. The molecule has 2 rings (SSSR count). The highest BCUT2D eigenvalue weighted by molar-refractivity contribution is 5.90. The topological polar surface area (TPSA) is 92.9 Å². The highest BCUT2D eigenvalue weighted by Gasteiger charge is 2.06. The van der Waals surface area contributed by atoms with Crippen molar-refractivity contribution in [3.8, 4) is 5.69 Å². The Balaban J connectivity index is 2.01. The lowest BCUT2D eigenvalue weighted by Gasteiger charge is -2.07. The number of aliphatic hydroxyl groups excluding tert-OH is 1. The second-order valence-electron chi connectivity index (χ2n) is 4.24. The Hall–Kier alpha value is -2.28. The molecule has 2 aromatic rings. The van der Waals surface area contributed by atoms with Crippen LogP contribution in [0.2, 0.25) is 0 Å². The summed E-state index contributed by atoms with van der Waals surface area (Å²) in [5.74, 6) is -0.130. The van der Waals surface area contributed by atoms with E-state index in [1.54, 1.807) is 25.1 Å². The maximum atomic E-state index is 11.6. The molecule has 100 valence electrons. The molecule has 7 nitrogen and oxygen atoms in total. The van der Waals surface area contributed by atoms with Crippen molar-refractivity contribution in [2.75, 3.05) is 5.32 Å². The number of aromatic nitrogens is 4. The van der Waals surface area contributed by atoms with Crippen LogP contribution in [0.15, 0.2) is 30.6 Å². The molecule has 0 radical (unpaired) electrons. The number of amides is 1. The van der Waals surface area contributed by atoms with Gasteiger partial charge in [0.2, 0.25) is 5.91 Å². The maximum absolute atomic E-state index is 11.6. The molecule has 0 aliphatic carbocycles. The second kappa shape index (κ2) is 6.05. The van der Waals surface area contributed by atoms with Gasteiger partial charge in [-0.3, -0.25) is 4.79 Å². The molecule has 0 aliphatic heterocycles. The van der Waals surface area contributed by atoms with Gasteiger partial charge in [-0.1, -0.05) is 6.07 Å². The average Bonchev–Trinajstić information content (AvgIpc) is 2.90. The molecule has 1 aromatic heterocycles. The molecule has 7 heteroatoms. The van der Waals surface area contributed by atoms with Crippen LogP contribution < -0.4 is 5.32 Å². The van der Waals surface area contributed by atoms with E-state index in [9.17, 15) is 4.79 Å². The molecule has 0 fully saturated rings. The molecule has 1 atom stereocenters. The first-order valence-electron chi connectivity index (χ1n) is 5.96. The van der Waals surface area contributed by atoms with Gasteiger partial charge in [-0.25, -0.2) is 4.68 Å². The van der Waals surface area contributed by atoms with Gasteiger partial charge < -0.3 is 10.4 Å². The minimum Gasteiger partial charge on any atom is -0.393 e. The Bertz CT molecular complexity index is 539. The third-order valence-corrected chi connectivity index (χ3v) is 2.53. The summed E-state index contributed by atoms with van der Waals surface area (Å²) in [6.45, 7) is 1.66. The van der Waals surface area contributed by atoms with Gasteiger partial charge in [0, 0.05) is 12.1 Å². The van der Waals surface area contributed by atoms with Crippen molar-refractivity contribution in [2.45, 2.75) is 25.9 Å². The fourth-order valence-corrected chi connectivity index (χ4v) is 1.57. The first kappa shape index (κ1) is 13.2. The zero-order chi connectivity index (χ0) is 13.7. The molecule has 1 amide bonds. The number of carbonyl (C=O) groups excluding carboxylic acids is 1. The zero-order valence-electron chi connectivity index (χ0n) is 10.5. The summed E-state index contributed by atoms with van der Waals surface area (Å²) in [5, 5.41) is 22.8. The summed E-state index contributed by atoms with van der Waals surface area (Å²) in [4.78, 5) is 11.6. The van der Waals surface area contributed by atoms with Crippen molar-refractivity contribution in [1.29, 1.82) is 0 Å². The van der Waals surface area contributed by atoms with Gasteiger partial charge in [-0.2, -0.15) is 0 Å². The van der Waals surface area contributed by atoms with E-state index < -0.39 is 6.10 Å². The number of nitrogens with zero attached hydrogens (tertiary/aromatic N) is 4. The van der Waals surface area contributed by atoms with E-state index in [4.69, 9.17) is 5.11 Å². The van der Waals surface area contributed by atoms with Gasteiger partial charge >= 0.3 is 0 Å². The van der Waals surface area contributed by atoms with Gasteiger partial charge in [0.1, 0.15) is 6.33 Å². The van der Waals surface area contributed by atoms with Crippen molar-refractivity contribution in [3.05, 3.63) is 30.6 Å². The quantitative estimate of drug-likeness (QED) is 0.829. The third kappa shape index (κ3) is 3.85. The van der Waals surface area contributed by atoms with Gasteiger partial charge in [0.25, 0.3) is 0 Å². The highest BCUT2D eigenvalue weighted by Crippen LogP contribution is 2.13. The summed E-state index contributed by atoms with van der Waals surface area (Å²) in [5.41, 5.74) is 1.43. The second-order valence-corrected chi connectivity index (χ2v) is 4.24. The van der Waals surface area contributed by atoms with E-state index >= 15 is 0 Å². The molecule has 19 heavy (non-hydrogen) atoms. The number of carbonyl (C=O) groups is 1. The van der Waals surface area contributed by atoms with Crippen molar-refractivity contribution in [1.82, 2.24) is 20.2 Å². The first-order chi connectivity index (χ1) is 9.15. The zero-order valence-corrected chi connectivity index (χ0v) is 10.5. The fraction of sp³-hybridized carbons (Fsp3) is 0.333. The Morgan fingerprint density at radius 2 is 2.37 bits per heavy atom. The third-order valence-electron chi connectivity index (χ3n) is 2.53. The Morgan fingerprint density at radius 3 is 3.05 bits per heavy atom. The van der Waals surface area contributed by atoms with Gasteiger partial charge in [0.05, 0.1) is 11.8 Å². The Kier molecular flexibility index (Phi) is 4.19. The summed E-state index contributed by atoms with van der Waals surface area (Å²) in [7, 11) is 0. The van der Waals surface area contributed by atoms with Crippen LogP contribution in [-0.4, -0.2) is 37.3 Å². The van der Waals surface area contributed by atoms with Gasteiger partial charge in [0.15, 0.2) is 0 Å². The molecule has 2 N–H and O–H groups in total. The van der Waals surface area contributed by atoms with E-state index in [2.05, 4.69) is 20.8 Å². The van der Waals surface area contributed by atoms with Crippen LogP contribution in [0, 0.1) is 0 Å². The van der Waals surface area contributed by atoms with Crippen LogP contribution >= 0.6 is 0 Å². The molecular formula is C12H15N5O2. The summed E-state index contributed by atoms with van der Waals surface area (Å²) >= 11 is 0. The van der Waals surface area contributed by atoms with Gasteiger partial charge in [-0.05, 0) is 42.0 Å². The molecule has 0 saturated carbocycles. The average molecular weight is 261 g/mol. The molecule has 1 heterocycles. The van der Waals surface area contributed by atoms with Crippen LogP contribution in [0.5, 0.6) is 0 Å². The lowest BCUT2D eigenvalue weighted by molar-refractivity contribution is -0.116. The van der Waals surface area contributed by atoms with Crippen molar-refractivity contribution < 1.29 is 9.90 Å². The Labute approximate surface area is 110 Å².